The second-order valence-electron chi connectivity index (χ2n) is 7.63. The highest BCUT2D eigenvalue weighted by Gasteiger charge is 2.02. The zero-order chi connectivity index (χ0) is 21.0. The molecule has 1 rings (SSSR count). The lowest BCUT2D eigenvalue weighted by Crippen LogP contribution is -2.36. The molecule has 0 atom stereocenters. The Kier molecular flexibility index (Phi) is 12.5. The van der Waals surface area contributed by atoms with Gasteiger partial charge < -0.3 is 39.0 Å². The van der Waals surface area contributed by atoms with Gasteiger partial charge in [0.05, 0.1) is 67.4 Å². The monoisotopic (exact) mass is 372 g/mol. The molecule has 0 saturated heterocycles. The molecule has 0 bridgehead atoms. The maximum absolute atomic E-state index is 10.3. The molecule has 0 aliphatic carbocycles. The third-order valence-electron chi connectivity index (χ3n) is 2.88. The number of likely N-dealkylation sites (N-methyl/N-ethyl adjacent to an activating group) is 2. The highest BCUT2D eigenvalue weighted by atomic mass is 16.4. The zero-order valence-electron chi connectivity index (χ0n) is 16.6. The molecule has 150 valence electrons. The Bertz CT molecular complexity index is 502. The lowest BCUT2D eigenvalue weighted by Gasteiger charge is -2.21. The predicted molar refractivity (Wildman–Crippen MR) is 95.1 cm³/mol. The van der Waals surface area contributed by atoms with Crippen molar-refractivity contribution >= 4 is 11.9 Å². The number of carbonyl (C=O) groups is 2. The van der Waals surface area contributed by atoms with E-state index in [1.807, 2.05) is 0 Å². The van der Waals surface area contributed by atoms with Gasteiger partial charge in [-0.05, 0) is 17.2 Å². The second kappa shape index (κ2) is 12.4. The minimum absolute atomic E-state index is 0.170. The molecule has 26 heavy (non-hydrogen) atoms. The summed E-state index contributed by atoms with van der Waals surface area (Å²) in [5.41, 5.74) is -0.339. The number of aromatic carboxylic acids is 2. The molecule has 0 aliphatic rings. The van der Waals surface area contributed by atoms with Gasteiger partial charge in [-0.3, -0.25) is 0 Å². The molecule has 0 aliphatic heterocycles. The Morgan fingerprint density at radius 3 is 1.27 bits per heavy atom. The van der Waals surface area contributed by atoms with E-state index in [2.05, 4.69) is 42.3 Å². The van der Waals surface area contributed by atoms with E-state index < -0.39 is 11.9 Å². The summed E-state index contributed by atoms with van der Waals surface area (Å²) in [6, 6.07) is 4.81. The quantitative estimate of drug-likeness (QED) is 0.546. The van der Waals surface area contributed by atoms with Crippen molar-refractivity contribution in [2.45, 2.75) is 0 Å². The highest BCUT2D eigenvalue weighted by molar-refractivity contribution is 5.91. The molecule has 2 N–H and O–H groups in total. The maximum atomic E-state index is 10.3. The summed E-state index contributed by atoms with van der Waals surface area (Å²) in [6.45, 7) is 2.23. The number of aliphatic hydroxyl groups is 2. The van der Waals surface area contributed by atoms with E-state index in [-0.39, 0.29) is 24.3 Å². The molecule has 1 aromatic rings. The topological polar surface area (TPSA) is 121 Å². The van der Waals surface area contributed by atoms with Gasteiger partial charge in [0, 0.05) is 0 Å². The van der Waals surface area contributed by atoms with Crippen molar-refractivity contribution in [1.29, 1.82) is 0 Å². The van der Waals surface area contributed by atoms with Gasteiger partial charge in [0.2, 0.25) is 0 Å². The number of carboxylic acid groups (broad SMARTS) is 2. The number of carboxylic acids is 2. The largest absolute Gasteiger partial charge is 0.545 e. The SMILES string of the molecule is C[N+](C)(C)CCO.C[N+](C)(C)CCO.O=C([O-])c1cccc(C(=O)[O-])c1. The van der Waals surface area contributed by atoms with E-state index in [0.29, 0.717) is 0 Å². The van der Waals surface area contributed by atoms with Crippen molar-refractivity contribution in [1.82, 2.24) is 0 Å². The van der Waals surface area contributed by atoms with Crippen LogP contribution < -0.4 is 10.2 Å². The average molecular weight is 372 g/mol. The first-order valence-corrected chi connectivity index (χ1v) is 8.09. The molecule has 0 amide bonds. The number of nitrogens with zero attached hydrogens (tertiary/aromatic N) is 2. The Morgan fingerprint density at radius 2 is 1.12 bits per heavy atom. The number of hydrogen-bond donors (Lipinski definition) is 2. The molecular weight excluding hydrogens is 340 g/mol. The van der Waals surface area contributed by atoms with E-state index >= 15 is 0 Å². The van der Waals surface area contributed by atoms with Crippen LogP contribution in [0.15, 0.2) is 24.3 Å². The van der Waals surface area contributed by atoms with Crippen LogP contribution in [0.4, 0.5) is 0 Å². The molecule has 0 unspecified atom stereocenters. The van der Waals surface area contributed by atoms with Crippen molar-refractivity contribution < 1.29 is 39.0 Å². The van der Waals surface area contributed by atoms with Crippen LogP contribution >= 0.6 is 0 Å². The molecule has 0 aromatic heterocycles. The first-order valence-electron chi connectivity index (χ1n) is 8.09. The fourth-order valence-corrected chi connectivity index (χ4v) is 1.37. The number of hydrogen-bond acceptors (Lipinski definition) is 6. The second-order valence-corrected chi connectivity index (χ2v) is 7.63. The van der Waals surface area contributed by atoms with Crippen molar-refractivity contribution in [2.75, 3.05) is 68.6 Å². The number of benzene rings is 1. The number of carbonyl (C=O) groups excluding carboxylic acids is 2. The Labute approximate surface area is 155 Å². The van der Waals surface area contributed by atoms with Gasteiger partial charge >= 0.3 is 0 Å². The summed E-state index contributed by atoms with van der Waals surface area (Å²) >= 11 is 0. The van der Waals surface area contributed by atoms with Crippen molar-refractivity contribution in [3.8, 4) is 0 Å². The Balaban J connectivity index is 0. The molecule has 0 saturated carbocycles. The van der Waals surface area contributed by atoms with Crippen LogP contribution in [-0.2, 0) is 0 Å². The van der Waals surface area contributed by atoms with Crippen molar-refractivity contribution in [2.24, 2.45) is 0 Å². The zero-order valence-corrected chi connectivity index (χ0v) is 16.6. The van der Waals surface area contributed by atoms with Gasteiger partial charge in [-0.2, -0.15) is 0 Å². The van der Waals surface area contributed by atoms with E-state index in [9.17, 15) is 19.8 Å². The summed E-state index contributed by atoms with van der Waals surface area (Å²) in [7, 11) is 12.3. The van der Waals surface area contributed by atoms with Crippen LogP contribution in [0.25, 0.3) is 0 Å². The fourth-order valence-electron chi connectivity index (χ4n) is 1.37. The van der Waals surface area contributed by atoms with Crippen LogP contribution in [0, 0.1) is 0 Å². The third kappa shape index (κ3) is 16.8. The first kappa shape index (κ1) is 26.2. The Morgan fingerprint density at radius 1 is 0.808 bits per heavy atom. The molecular formula is C18H32N2O6. The van der Waals surface area contributed by atoms with Crippen LogP contribution in [-0.4, -0.2) is 99.7 Å². The average Bonchev–Trinajstić information content (AvgIpc) is 2.46. The third-order valence-corrected chi connectivity index (χ3v) is 2.88. The predicted octanol–water partition coefficient (Wildman–Crippen LogP) is -2.22. The minimum atomic E-state index is -1.40. The van der Waals surface area contributed by atoms with E-state index in [4.69, 9.17) is 10.2 Å². The minimum Gasteiger partial charge on any atom is -0.545 e. The highest BCUT2D eigenvalue weighted by Crippen LogP contribution is 2.02. The normalized spacial score (nSPS) is 10.8. The van der Waals surface area contributed by atoms with Gasteiger partial charge in [-0.15, -0.1) is 0 Å². The summed E-state index contributed by atoms with van der Waals surface area (Å²) in [5.74, 6) is -2.81. The lowest BCUT2D eigenvalue weighted by molar-refractivity contribution is -0.870. The summed E-state index contributed by atoms with van der Waals surface area (Å²) in [4.78, 5) is 20.5. The van der Waals surface area contributed by atoms with Gasteiger partial charge in [0.25, 0.3) is 0 Å². The maximum Gasteiger partial charge on any atom is 0.101 e. The van der Waals surface area contributed by atoms with E-state index in [1.165, 1.54) is 18.2 Å². The standard InChI is InChI=1S/C8H6O4.2C5H14NO/c9-7(10)5-2-1-3-6(4-5)8(11)12;2*1-6(2,3)4-5-7/h1-4H,(H,9,10)(H,11,12);2*7H,4-5H2,1-3H3/q;2*+1/p-2. The summed E-state index contributed by atoms with van der Waals surface area (Å²) in [5, 5.41) is 37.3. The van der Waals surface area contributed by atoms with Crippen LogP contribution in [0.3, 0.4) is 0 Å². The van der Waals surface area contributed by atoms with Gasteiger partial charge in [0.15, 0.2) is 0 Å². The molecule has 8 heteroatoms. The molecule has 0 heterocycles. The molecule has 0 radical (unpaired) electrons. The smallest absolute Gasteiger partial charge is 0.101 e. The van der Waals surface area contributed by atoms with Crippen LogP contribution in [0.5, 0.6) is 0 Å². The number of rotatable bonds is 6. The van der Waals surface area contributed by atoms with Gasteiger partial charge in [0.1, 0.15) is 13.1 Å². The number of quaternary nitrogens is 2. The summed E-state index contributed by atoms with van der Waals surface area (Å²) in [6.07, 6.45) is 0. The molecule has 8 nitrogen and oxygen atoms in total. The molecule has 0 fully saturated rings. The van der Waals surface area contributed by atoms with E-state index in [0.717, 1.165) is 28.1 Å². The van der Waals surface area contributed by atoms with Crippen LogP contribution in [0.2, 0.25) is 0 Å². The summed E-state index contributed by atoms with van der Waals surface area (Å²) < 4.78 is 1.69. The van der Waals surface area contributed by atoms with Gasteiger partial charge in [-0.25, -0.2) is 0 Å². The Hall–Kier alpha value is -2.00. The lowest BCUT2D eigenvalue weighted by atomic mass is 10.1. The van der Waals surface area contributed by atoms with Crippen molar-refractivity contribution in [3.05, 3.63) is 35.4 Å². The van der Waals surface area contributed by atoms with Crippen LogP contribution in [0.1, 0.15) is 20.7 Å². The van der Waals surface area contributed by atoms with Gasteiger partial charge in [-0.1, -0.05) is 18.2 Å². The van der Waals surface area contributed by atoms with E-state index in [1.54, 1.807) is 0 Å². The fraction of sp³-hybridized carbons (Fsp3) is 0.556. The number of aliphatic hydroxyl groups excluding tert-OH is 2. The molecule has 1 aromatic carbocycles. The molecule has 0 spiro atoms. The first-order chi connectivity index (χ1) is 11.7. The van der Waals surface area contributed by atoms with Crippen molar-refractivity contribution in [3.63, 3.8) is 0 Å².